The number of non-ortho nitro benzene ring substituents is 1. The minimum absolute atomic E-state index is 0.0649. The van der Waals surface area contributed by atoms with Crippen molar-refractivity contribution in [2.75, 3.05) is 12.4 Å². The number of carboxylic acid groups (broad SMARTS) is 1. The van der Waals surface area contributed by atoms with Crippen LogP contribution in [0.25, 0.3) is 0 Å². The molecule has 1 fully saturated rings. The predicted molar refractivity (Wildman–Crippen MR) is 153 cm³/mol. The van der Waals surface area contributed by atoms with Crippen LogP contribution in [0.5, 0.6) is 5.75 Å². The largest absolute Gasteiger partial charge is 0.497 e. The highest BCUT2D eigenvalue weighted by Crippen LogP contribution is 2.40. The van der Waals surface area contributed by atoms with Crippen molar-refractivity contribution in [3.8, 4) is 5.75 Å². The minimum atomic E-state index is -1.14. The molecule has 41 heavy (non-hydrogen) atoms. The number of nitro benzene ring substituents is 1. The Labute approximate surface area is 237 Å². The van der Waals surface area contributed by atoms with Gasteiger partial charge in [-0.3, -0.25) is 19.7 Å². The third kappa shape index (κ3) is 6.71. The molecule has 0 bridgehead atoms. The van der Waals surface area contributed by atoms with Gasteiger partial charge in [0, 0.05) is 29.8 Å². The molecule has 3 aromatic carbocycles. The first-order valence-corrected chi connectivity index (χ1v) is 13.5. The molecule has 0 heterocycles. The molecule has 3 N–H and O–H groups in total. The van der Waals surface area contributed by atoms with E-state index in [9.17, 15) is 29.6 Å². The van der Waals surface area contributed by atoms with Gasteiger partial charge in [0.2, 0.25) is 5.91 Å². The zero-order chi connectivity index (χ0) is 29.6. The van der Waals surface area contributed by atoms with Crippen molar-refractivity contribution in [3.05, 3.63) is 99.1 Å². The van der Waals surface area contributed by atoms with Gasteiger partial charge in [-0.25, -0.2) is 4.79 Å². The number of nitrogens with one attached hydrogen (secondary N) is 2. The number of aliphatic carboxylic acids is 1. The summed E-state index contributed by atoms with van der Waals surface area (Å²) < 4.78 is 5.26. The molecule has 1 atom stereocenters. The fourth-order valence-corrected chi connectivity index (χ4v) is 5.38. The van der Waals surface area contributed by atoms with Gasteiger partial charge in [0.1, 0.15) is 11.8 Å². The number of carbonyl (C=O) groups excluding carboxylic acids is 2. The van der Waals surface area contributed by atoms with Crippen molar-refractivity contribution in [2.45, 2.75) is 56.9 Å². The number of carbonyl (C=O) groups is 3. The van der Waals surface area contributed by atoms with E-state index in [4.69, 9.17) is 4.74 Å². The highest BCUT2D eigenvalue weighted by Gasteiger charge is 2.42. The van der Waals surface area contributed by atoms with Gasteiger partial charge in [0.25, 0.3) is 11.6 Å². The zero-order valence-corrected chi connectivity index (χ0v) is 23.0. The van der Waals surface area contributed by atoms with Crippen LogP contribution in [0.15, 0.2) is 66.7 Å². The number of nitrogens with zero attached hydrogens (tertiary/aromatic N) is 1. The summed E-state index contributed by atoms with van der Waals surface area (Å²) in [7, 11) is 1.58. The molecule has 0 aliphatic heterocycles. The van der Waals surface area contributed by atoms with Crippen molar-refractivity contribution in [1.82, 2.24) is 5.32 Å². The Bertz CT molecular complexity index is 1430. The predicted octanol–water partition coefficient (Wildman–Crippen LogP) is 5.18. The summed E-state index contributed by atoms with van der Waals surface area (Å²) in [6, 6.07) is 17.0. The molecule has 1 unspecified atom stereocenters. The lowest BCUT2D eigenvalue weighted by Crippen LogP contribution is -2.52. The first-order chi connectivity index (χ1) is 19.6. The number of methoxy groups -OCH3 is 1. The summed E-state index contributed by atoms with van der Waals surface area (Å²) in [5, 5.41) is 26.5. The lowest BCUT2D eigenvalue weighted by Gasteiger charge is -2.37. The van der Waals surface area contributed by atoms with Crippen LogP contribution in [0.2, 0.25) is 0 Å². The number of carboxylic acids is 1. The maximum Gasteiger partial charge on any atom is 0.326 e. The van der Waals surface area contributed by atoms with Gasteiger partial charge in [0.05, 0.1) is 17.4 Å². The summed E-state index contributed by atoms with van der Waals surface area (Å²) in [6.45, 7) is 1.62. The van der Waals surface area contributed by atoms with Crippen LogP contribution in [0.4, 0.5) is 11.4 Å². The minimum Gasteiger partial charge on any atom is -0.497 e. The van der Waals surface area contributed by atoms with Gasteiger partial charge in [0.15, 0.2) is 0 Å². The van der Waals surface area contributed by atoms with Crippen molar-refractivity contribution >= 4 is 29.2 Å². The van der Waals surface area contributed by atoms with Crippen LogP contribution < -0.4 is 15.4 Å². The second-order valence-electron chi connectivity index (χ2n) is 10.3. The van der Waals surface area contributed by atoms with E-state index in [1.54, 1.807) is 38.3 Å². The normalized spacial score (nSPS) is 14.9. The Morgan fingerprint density at radius 3 is 2.22 bits per heavy atom. The van der Waals surface area contributed by atoms with Crippen LogP contribution in [-0.4, -0.2) is 41.0 Å². The fraction of sp³-hybridized carbons (Fsp3) is 0.323. The van der Waals surface area contributed by atoms with E-state index in [0.29, 0.717) is 41.0 Å². The van der Waals surface area contributed by atoms with Crippen LogP contribution >= 0.6 is 0 Å². The second-order valence-corrected chi connectivity index (χ2v) is 10.3. The summed E-state index contributed by atoms with van der Waals surface area (Å²) in [5.41, 5.74) is 1.88. The lowest BCUT2D eigenvalue weighted by molar-refractivity contribution is -0.384. The SMILES string of the molecule is COc1ccc(C2(C(=O)NC(Cc3ccc(NC(=O)c4ccc([N+](=O)[O-])cc4C)cc3)C(=O)O)CCCCC2)cc1. The highest BCUT2D eigenvalue weighted by molar-refractivity contribution is 6.05. The maximum absolute atomic E-state index is 13.7. The lowest BCUT2D eigenvalue weighted by atomic mass is 9.68. The fourth-order valence-electron chi connectivity index (χ4n) is 5.38. The molecule has 0 aromatic heterocycles. The van der Waals surface area contributed by atoms with Gasteiger partial charge >= 0.3 is 5.97 Å². The first kappa shape index (κ1) is 29.3. The molecule has 1 saturated carbocycles. The van der Waals surface area contributed by atoms with Gasteiger partial charge in [-0.2, -0.15) is 0 Å². The third-order valence-electron chi connectivity index (χ3n) is 7.70. The van der Waals surface area contributed by atoms with Gasteiger partial charge in [-0.15, -0.1) is 0 Å². The Kier molecular flexibility index (Phi) is 9.01. The Morgan fingerprint density at radius 1 is 1.00 bits per heavy atom. The van der Waals surface area contributed by atoms with Crippen molar-refractivity contribution in [1.29, 1.82) is 0 Å². The summed E-state index contributed by atoms with van der Waals surface area (Å²) in [5.74, 6) is -1.16. The molecule has 4 rings (SSSR count). The molecular formula is C31H33N3O7. The molecule has 1 aliphatic rings. The topological polar surface area (TPSA) is 148 Å². The second kappa shape index (κ2) is 12.6. The number of ether oxygens (including phenoxy) is 1. The number of nitro groups is 1. The van der Waals surface area contributed by atoms with Crippen molar-refractivity contribution in [3.63, 3.8) is 0 Å². The van der Waals surface area contributed by atoms with Crippen LogP contribution in [0.1, 0.15) is 59.2 Å². The number of aryl methyl sites for hydroxylation is 1. The van der Waals surface area contributed by atoms with Crippen LogP contribution in [0.3, 0.4) is 0 Å². The van der Waals surface area contributed by atoms with E-state index in [1.165, 1.54) is 18.2 Å². The molecule has 3 aromatic rings. The summed E-state index contributed by atoms with van der Waals surface area (Å²) >= 11 is 0. The van der Waals surface area contributed by atoms with E-state index in [-0.39, 0.29) is 18.0 Å². The van der Waals surface area contributed by atoms with Crippen molar-refractivity contribution < 1.29 is 29.2 Å². The third-order valence-corrected chi connectivity index (χ3v) is 7.70. The molecular weight excluding hydrogens is 526 g/mol. The van der Waals surface area contributed by atoms with Gasteiger partial charge < -0.3 is 20.5 Å². The zero-order valence-electron chi connectivity index (χ0n) is 23.0. The average Bonchev–Trinajstić information content (AvgIpc) is 2.97. The number of amides is 2. The number of hydrogen-bond acceptors (Lipinski definition) is 6. The number of benzene rings is 3. The van der Waals surface area contributed by atoms with Crippen LogP contribution in [0, 0.1) is 17.0 Å². The summed E-state index contributed by atoms with van der Waals surface area (Å²) in [6.07, 6.45) is 4.13. The van der Waals surface area contributed by atoms with Crippen molar-refractivity contribution in [2.24, 2.45) is 0 Å². The number of rotatable bonds is 10. The Hall–Kier alpha value is -4.73. The first-order valence-electron chi connectivity index (χ1n) is 13.5. The smallest absolute Gasteiger partial charge is 0.326 e. The van der Waals surface area contributed by atoms with Crippen LogP contribution in [-0.2, 0) is 21.4 Å². The molecule has 1 aliphatic carbocycles. The van der Waals surface area contributed by atoms with E-state index in [1.807, 2.05) is 24.3 Å². The van der Waals surface area contributed by atoms with Gasteiger partial charge in [-0.05, 0) is 66.8 Å². The molecule has 0 spiro atoms. The molecule has 10 heteroatoms. The summed E-state index contributed by atoms with van der Waals surface area (Å²) in [4.78, 5) is 49.0. The number of hydrogen-bond donors (Lipinski definition) is 3. The molecule has 10 nitrogen and oxygen atoms in total. The Morgan fingerprint density at radius 2 is 1.66 bits per heavy atom. The molecule has 0 radical (unpaired) electrons. The maximum atomic E-state index is 13.7. The molecule has 214 valence electrons. The average molecular weight is 560 g/mol. The van der Waals surface area contributed by atoms with E-state index in [0.717, 1.165) is 24.8 Å². The number of anilines is 1. The van der Waals surface area contributed by atoms with E-state index < -0.39 is 28.3 Å². The monoisotopic (exact) mass is 559 g/mol. The van der Waals surface area contributed by atoms with E-state index in [2.05, 4.69) is 10.6 Å². The molecule has 2 amide bonds. The quantitative estimate of drug-likeness (QED) is 0.229. The van der Waals surface area contributed by atoms with E-state index >= 15 is 0 Å². The standard InChI is InChI=1S/C31H33N3O7/c1-20-18-24(34(39)40)12-15-26(20)28(35)32-23-10-6-21(7-11-23)19-27(29(36)37)33-30(38)31(16-4-3-5-17-31)22-8-13-25(41-2)14-9-22/h6-15,18,27H,3-5,16-17,19H2,1-2H3,(H,32,35)(H,33,38)(H,36,37). The highest BCUT2D eigenvalue weighted by atomic mass is 16.6. The van der Waals surface area contributed by atoms with Gasteiger partial charge in [-0.1, -0.05) is 43.5 Å². The Balaban J connectivity index is 1.45. The molecule has 0 saturated heterocycles.